The van der Waals surface area contributed by atoms with Crippen molar-refractivity contribution >= 4 is 0 Å². The number of piperidine rings is 3. The molecule has 1 saturated carbocycles. The Balaban J connectivity index is 1.25. The third-order valence-corrected chi connectivity index (χ3v) is 8.52. The molecular weight excluding hydrogens is 430 g/mol. The fourth-order valence-electron chi connectivity index (χ4n) is 6.37. The minimum atomic E-state index is -0.875. The van der Waals surface area contributed by atoms with Gasteiger partial charge in [0, 0.05) is 25.4 Å². The molecule has 0 spiro atoms. The van der Waals surface area contributed by atoms with Crippen LogP contribution in [0.25, 0.3) is 0 Å². The molecule has 192 valence electrons. The molecule has 1 N–H and O–H groups in total. The Labute approximate surface area is 206 Å². The maximum absolute atomic E-state index is 11.9. The summed E-state index contributed by atoms with van der Waals surface area (Å²) >= 11 is 0. The minimum absolute atomic E-state index is 0.237. The lowest BCUT2D eigenvalue weighted by Gasteiger charge is -2.52. The lowest BCUT2D eigenvalue weighted by molar-refractivity contribution is -0.946. The molecule has 4 fully saturated rings. The van der Waals surface area contributed by atoms with E-state index in [9.17, 15) is 5.11 Å². The first kappa shape index (κ1) is 26.1. The summed E-state index contributed by atoms with van der Waals surface area (Å²) < 4.78 is 24.5. The van der Waals surface area contributed by atoms with Crippen LogP contribution in [0.15, 0.2) is 30.3 Å². The predicted octanol–water partition coefficient (Wildman–Crippen LogP) is 3.76. The molecular formula is C28H46NO5+. The normalized spacial score (nSPS) is 28.9. The molecule has 3 saturated heterocycles. The molecule has 1 aliphatic carbocycles. The topological polar surface area (TPSA) is 57.2 Å². The van der Waals surface area contributed by atoms with Crippen molar-refractivity contribution in [2.24, 2.45) is 11.8 Å². The highest BCUT2D eigenvalue weighted by Crippen LogP contribution is 2.42. The number of fused-ring (bicyclic) bond motifs is 3. The Morgan fingerprint density at radius 3 is 2.21 bits per heavy atom. The molecule has 3 heterocycles. The molecule has 6 nitrogen and oxygen atoms in total. The Morgan fingerprint density at radius 1 is 0.882 bits per heavy atom. The van der Waals surface area contributed by atoms with Gasteiger partial charge in [-0.2, -0.15) is 0 Å². The first-order valence-corrected chi connectivity index (χ1v) is 13.6. The smallest absolute Gasteiger partial charge is 0.116 e. The Hall–Kier alpha value is -1.02. The van der Waals surface area contributed by atoms with Gasteiger partial charge in [-0.05, 0) is 31.2 Å². The van der Waals surface area contributed by atoms with Crippen molar-refractivity contribution < 1.29 is 28.5 Å². The third kappa shape index (κ3) is 6.59. The van der Waals surface area contributed by atoms with Crippen LogP contribution < -0.4 is 0 Å². The molecule has 6 heteroatoms. The summed E-state index contributed by atoms with van der Waals surface area (Å²) in [6, 6.07) is 10.2. The van der Waals surface area contributed by atoms with Crippen LogP contribution in [-0.2, 0) is 24.5 Å². The first-order chi connectivity index (χ1) is 16.7. The molecule has 0 aromatic heterocycles. The highest BCUT2D eigenvalue weighted by Gasteiger charge is 2.48. The van der Waals surface area contributed by atoms with Crippen molar-refractivity contribution in [1.82, 2.24) is 0 Å². The number of nitrogens with zero attached hydrogens (tertiary/aromatic N) is 1. The van der Waals surface area contributed by atoms with Crippen molar-refractivity contribution in [1.29, 1.82) is 0 Å². The minimum Gasteiger partial charge on any atom is -0.382 e. The molecule has 1 aromatic carbocycles. The highest BCUT2D eigenvalue weighted by atomic mass is 16.5. The van der Waals surface area contributed by atoms with Crippen LogP contribution in [-0.4, -0.2) is 88.1 Å². The van der Waals surface area contributed by atoms with E-state index in [-0.39, 0.29) is 6.10 Å². The number of rotatable bonds is 15. The van der Waals surface area contributed by atoms with E-state index in [1.54, 1.807) is 0 Å². The van der Waals surface area contributed by atoms with Gasteiger partial charge in [-0.15, -0.1) is 0 Å². The van der Waals surface area contributed by atoms with Gasteiger partial charge < -0.3 is 28.5 Å². The summed E-state index contributed by atoms with van der Waals surface area (Å²) in [5, 5.41) is 11.9. The van der Waals surface area contributed by atoms with Crippen LogP contribution in [0, 0.1) is 11.8 Å². The highest BCUT2D eigenvalue weighted by molar-refractivity contribution is 5.24. The van der Waals surface area contributed by atoms with Gasteiger partial charge in [0.1, 0.15) is 24.8 Å². The van der Waals surface area contributed by atoms with E-state index < -0.39 is 5.60 Å². The number of benzene rings is 1. The van der Waals surface area contributed by atoms with Crippen LogP contribution in [0.4, 0.5) is 0 Å². The molecule has 3 aliphatic heterocycles. The van der Waals surface area contributed by atoms with Crippen molar-refractivity contribution in [3.8, 4) is 0 Å². The van der Waals surface area contributed by atoms with E-state index in [1.165, 1.54) is 38.8 Å². The zero-order valence-electron chi connectivity index (χ0n) is 21.2. The van der Waals surface area contributed by atoms with E-state index in [0.29, 0.717) is 44.9 Å². The zero-order chi connectivity index (χ0) is 23.7. The van der Waals surface area contributed by atoms with Crippen molar-refractivity contribution in [2.75, 3.05) is 72.4 Å². The van der Waals surface area contributed by atoms with Gasteiger partial charge in [0.05, 0.1) is 52.7 Å². The van der Waals surface area contributed by atoms with Gasteiger partial charge >= 0.3 is 0 Å². The largest absolute Gasteiger partial charge is 0.382 e. The van der Waals surface area contributed by atoms with E-state index in [4.69, 9.17) is 18.9 Å². The van der Waals surface area contributed by atoms with Gasteiger partial charge in [0.2, 0.25) is 0 Å². The second-order valence-electron chi connectivity index (χ2n) is 10.6. The molecule has 4 aliphatic rings. The van der Waals surface area contributed by atoms with E-state index in [2.05, 4.69) is 12.1 Å². The molecule has 5 rings (SSSR count). The van der Waals surface area contributed by atoms with Crippen molar-refractivity contribution in [3.63, 3.8) is 0 Å². The molecule has 34 heavy (non-hydrogen) atoms. The van der Waals surface area contributed by atoms with Crippen LogP contribution in [0.5, 0.6) is 0 Å². The van der Waals surface area contributed by atoms with Gasteiger partial charge in [0.15, 0.2) is 0 Å². The van der Waals surface area contributed by atoms with Gasteiger partial charge in [-0.3, -0.25) is 0 Å². The predicted molar refractivity (Wildman–Crippen MR) is 133 cm³/mol. The number of aliphatic hydroxyl groups is 1. The van der Waals surface area contributed by atoms with Crippen LogP contribution in [0.2, 0.25) is 0 Å². The molecule has 1 aromatic rings. The number of hydrogen-bond acceptors (Lipinski definition) is 5. The number of quaternary nitrogens is 1. The molecule has 2 atom stereocenters. The summed E-state index contributed by atoms with van der Waals surface area (Å²) in [5.74, 6) is 0.923. The number of ether oxygens (including phenoxy) is 4. The summed E-state index contributed by atoms with van der Waals surface area (Å²) in [5.41, 5.74) is 0.142. The Kier molecular flexibility index (Phi) is 9.80. The van der Waals surface area contributed by atoms with Crippen LogP contribution in [0.3, 0.4) is 0 Å². The van der Waals surface area contributed by atoms with Crippen molar-refractivity contribution in [2.45, 2.75) is 57.2 Å². The second kappa shape index (κ2) is 12.8. The Bertz CT molecular complexity index is 702. The van der Waals surface area contributed by atoms with Gasteiger partial charge in [-0.25, -0.2) is 0 Å². The first-order valence-electron chi connectivity index (χ1n) is 13.6. The lowest BCUT2D eigenvalue weighted by atomic mass is 9.80. The summed E-state index contributed by atoms with van der Waals surface area (Å²) in [4.78, 5) is 0. The lowest BCUT2D eigenvalue weighted by Crippen LogP contribution is -2.65. The summed E-state index contributed by atoms with van der Waals surface area (Å²) in [6.45, 7) is 11.0. The van der Waals surface area contributed by atoms with Gasteiger partial charge in [-0.1, -0.05) is 43.2 Å². The molecule has 1 unspecified atom stereocenters. The number of hydrogen-bond donors (Lipinski definition) is 1. The standard InChI is InChI=1S/C28H46NO5/c1-2-31-18-19-33-21-20-32-17-16-29-14-12-24(13-15-29)27(22-29)34-23-28(30,26-10-6-7-11-26)25-8-4-3-5-9-25/h3-5,8-9,24,26-27,30H,2,6-7,10-23H2,1H3/q+1/t24?,27-,28?,29?/m0/s1. The van der Waals surface area contributed by atoms with Crippen molar-refractivity contribution in [3.05, 3.63) is 35.9 Å². The van der Waals surface area contributed by atoms with Crippen LogP contribution >= 0.6 is 0 Å². The zero-order valence-corrected chi connectivity index (χ0v) is 21.2. The average Bonchev–Trinajstić information content (AvgIpc) is 3.43. The Morgan fingerprint density at radius 2 is 1.53 bits per heavy atom. The maximum atomic E-state index is 11.9. The quantitative estimate of drug-likeness (QED) is 0.309. The van der Waals surface area contributed by atoms with E-state index in [0.717, 1.165) is 49.2 Å². The molecule has 0 amide bonds. The SMILES string of the molecule is CCOCCOCCOCC[N+]12CCC(CC1)[C@@H](OCC(O)(c1ccccc1)C1CCCC1)C2. The second-order valence-corrected chi connectivity index (χ2v) is 10.6. The van der Waals surface area contributed by atoms with E-state index >= 15 is 0 Å². The maximum Gasteiger partial charge on any atom is 0.116 e. The summed E-state index contributed by atoms with van der Waals surface area (Å²) in [7, 11) is 0. The molecule has 2 bridgehead atoms. The fourth-order valence-corrected chi connectivity index (χ4v) is 6.37. The fraction of sp³-hybridized carbons (Fsp3) is 0.786. The summed E-state index contributed by atoms with van der Waals surface area (Å²) in [6.07, 6.45) is 7.29. The average molecular weight is 477 g/mol. The van der Waals surface area contributed by atoms with E-state index in [1.807, 2.05) is 25.1 Å². The van der Waals surface area contributed by atoms with Crippen LogP contribution in [0.1, 0.15) is 51.0 Å². The van der Waals surface area contributed by atoms with Gasteiger partial charge in [0.25, 0.3) is 0 Å². The monoisotopic (exact) mass is 476 g/mol. The third-order valence-electron chi connectivity index (χ3n) is 8.52. The molecule has 0 radical (unpaired) electrons.